The monoisotopic (exact) mass is 399 g/mol. The van der Waals surface area contributed by atoms with Crippen LogP contribution < -0.4 is 9.64 Å². The average molecular weight is 399 g/mol. The summed E-state index contributed by atoms with van der Waals surface area (Å²) in [5.41, 5.74) is 0.210. The van der Waals surface area contributed by atoms with E-state index in [2.05, 4.69) is 4.90 Å². The molecule has 2 heterocycles. The van der Waals surface area contributed by atoms with Gasteiger partial charge in [-0.1, -0.05) is 13.8 Å². The number of hydrogen-bond donors (Lipinski definition) is 0. The van der Waals surface area contributed by atoms with Gasteiger partial charge in [0, 0.05) is 44.6 Å². The fourth-order valence-corrected chi connectivity index (χ4v) is 4.32. The predicted octanol–water partition coefficient (Wildman–Crippen LogP) is 3.03. The van der Waals surface area contributed by atoms with Crippen molar-refractivity contribution in [2.75, 3.05) is 24.5 Å². The zero-order chi connectivity index (χ0) is 20.8. The Balaban J connectivity index is 1.37. The summed E-state index contributed by atoms with van der Waals surface area (Å²) in [6.45, 7) is 8.34. The number of piperazine rings is 1. The van der Waals surface area contributed by atoms with Gasteiger partial charge in [0.1, 0.15) is 5.75 Å². The molecule has 2 saturated heterocycles. The average Bonchev–Trinajstić information content (AvgIpc) is 3.46. The molecule has 1 aromatic carbocycles. The molecule has 7 heteroatoms. The number of anilines is 1. The van der Waals surface area contributed by atoms with E-state index in [1.54, 1.807) is 29.2 Å². The maximum absolute atomic E-state index is 12.6. The number of imide groups is 1. The number of nitrogens with zero attached hydrogens (tertiary/aromatic N) is 3. The Bertz CT molecular complexity index is 796. The number of benzene rings is 1. The van der Waals surface area contributed by atoms with Gasteiger partial charge in [-0.3, -0.25) is 19.4 Å². The highest BCUT2D eigenvalue weighted by atomic mass is 16.6. The molecule has 0 radical (unpaired) electrons. The molecule has 3 aliphatic rings. The van der Waals surface area contributed by atoms with Crippen molar-refractivity contribution in [1.82, 2.24) is 9.80 Å². The maximum atomic E-state index is 12.6. The van der Waals surface area contributed by atoms with Gasteiger partial charge in [-0.05, 0) is 49.4 Å². The Morgan fingerprint density at radius 1 is 1.03 bits per heavy atom. The lowest BCUT2D eigenvalue weighted by atomic mass is 9.81. The number of amides is 3. The summed E-state index contributed by atoms with van der Waals surface area (Å²) in [5, 5.41) is 0. The maximum Gasteiger partial charge on any atom is 0.415 e. The lowest BCUT2D eigenvalue weighted by Crippen LogP contribution is -2.55. The van der Waals surface area contributed by atoms with Crippen molar-refractivity contribution in [2.45, 2.75) is 58.5 Å². The Hall–Kier alpha value is -2.41. The van der Waals surface area contributed by atoms with E-state index in [-0.39, 0.29) is 29.4 Å². The van der Waals surface area contributed by atoms with Crippen LogP contribution in [-0.4, -0.2) is 59.4 Å². The molecule has 1 aromatic rings. The van der Waals surface area contributed by atoms with Crippen LogP contribution in [0.25, 0.3) is 0 Å². The third kappa shape index (κ3) is 4.29. The molecule has 1 unspecified atom stereocenters. The van der Waals surface area contributed by atoms with E-state index in [1.807, 2.05) is 20.8 Å². The molecule has 7 nitrogen and oxygen atoms in total. The van der Waals surface area contributed by atoms with E-state index in [0.717, 1.165) is 13.1 Å². The highest BCUT2D eigenvalue weighted by molar-refractivity contribution is 6.16. The molecule has 1 atom stereocenters. The van der Waals surface area contributed by atoms with Crippen LogP contribution >= 0.6 is 0 Å². The van der Waals surface area contributed by atoms with Crippen LogP contribution in [0.5, 0.6) is 5.75 Å². The van der Waals surface area contributed by atoms with Crippen LogP contribution in [-0.2, 0) is 9.59 Å². The highest BCUT2D eigenvalue weighted by Gasteiger charge is 2.38. The zero-order valence-electron chi connectivity index (χ0n) is 17.4. The molecule has 1 aliphatic carbocycles. The number of ether oxygens (including phenoxy) is 1. The summed E-state index contributed by atoms with van der Waals surface area (Å²) in [7, 11) is 0. The molecule has 29 heavy (non-hydrogen) atoms. The molecule has 4 rings (SSSR count). The predicted molar refractivity (Wildman–Crippen MR) is 109 cm³/mol. The van der Waals surface area contributed by atoms with Crippen molar-refractivity contribution in [3.8, 4) is 5.75 Å². The van der Waals surface area contributed by atoms with Crippen molar-refractivity contribution in [3.05, 3.63) is 24.3 Å². The first-order valence-electron chi connectivity index (χ1n) is 10.4. The zero-order valence-corrected chi connectivity index (χ0v) is 17.4. The number of hydrogen-bond acceptors (Lipinski definition) is 5. The second kappa shape index (κ2) is 7.44. The molecule has 156 valence electrons. The van der Waals surface area contributed by atoms with E-state index >= 15 is 0 Å². The van der Waals surface area contributed by atoms with Gasteiger partial charge in [-0.2, -0.15) is 0 Å². The number of carbonyl (C=O) groups is 3. The Morgan fingerprint density at radius 3 is 2.21 bits per heavy atom. The minimum absolute atomic E-state index is 0.114. The van der Waals surface area contributed by atoms with Gasteiger partial charge in [0.25, 0.3) is 0 Å². The summed E-state index contributed by atoms with van der Waals surface area (Å²) in [6, 6.07) is 7.41. The Kier molecular flexibility index (Phi) is 5.11. The third-order valence-corrected chi connectivity index (χ3v) is 6.02. The minimum Gasteiger partial charge on any atom is -0.410 e. The molecule has 1 saturated carbocycles. The van der Waals surface area contributed by atoms with Crippen molar-refractivity contribution in [3.63, 3.8) is 0 Å². The second-order valence-corrected chi connectivity index (χ2v) is 9.27. The van der Waals surface area contributed by atoms with Gasteiger partial charge in [-0.15, -0.1) is 0 Å². The van der Waals surface area contributed by atoms with Crippen LogP contribution in [0.2, 0.25) is 0 Å². The molecular formula is C22H29N3O4. The van der Waals surface area contributed by atoms with Crippen molar-refractivity contribution >= 4 is 23.6 Å². The lowest BCUT2D eigenvalue weighted by molar-refractivity contribution is -0.132. The Labute approximate surface area is 171 Å². The van der Waals surface area contributed by atoms with Crippen LogP contribution in [0.3, 0.4) is 0 Å². The van der Waals surface area contributed by atoms with E-state index in [9.17, 15) is 14.4 Å². The molecule has 2 aliphatic heterocycles. The summed E-state index contributed by atoms with van der Waals surface area (Å²) < 4.78 is 5.54. The quantitative estimate of drug-likeness (QED) is 0.731. The van der Waals surface area contributed by atoms with E-state index in [0.29, 0.717) is 36.9 Å². The first kappa shape index (κ1) is 19.9. The van der Waals surface area contributed by atoms with Gasteiger partial charge in [0.15, 0.2) is 0 Å². The third-order valence-electron chi connectivity index (χ3n) is 6.02. The van der Waals surface area contributed by atoms with Gasteiger partial charge >= 0.3 is 6.09 Å². The van der Waals surface area contributed by atoms with Crippen LogP contribution in [0.4, 0.5) is 10.5 Å². The molecule has 0 aromatic heterocycles. The molecule has 3 fully saturated rings. The van der Waals surface area contributed by atoms with E-state index in [4.69, 9.17) is 4.74 Å². The standard InChI is InChI=1S/C22H29N3O4/c1-15-14-23(16-4-5-16)10-11-24(15)21(28)29-18-8-6-17(7-9-18)25-19(26)12-22(2,3)13-20(25)27/h6-9,15-16H,4-5,10-14H2,1-3H3. The largest absolute Gasteiger partial charge is 0.415 e. The summed E-state index contributed by atoms with van der Waals surface area (Å²) >= 11 is 0. The van der Waals surface area contributed by atoms with Gasteiger partial charge < -0.3 is 9.64 Å². The van der Waals surface area contributed by atoms with E-state index in [1.165, 1.54) is 17.7 Å². The van der Waals surface area contributed by atoms with Crippen LogP contribution in [0, 0.1) is 5.41 Å². The summed E-state index contributed by atoms with van der Waals surface area (Å²) in [6.07, 6.45) is 2.85. The van der Waals surface area contributed by atoms with E-state index < -0.39 is 0 Å². The number of carbonyl (C=O) groups excluding carboxylic acids is 3. The van der Waals surface area contributed by atoms with Crippen molar-refractivity contribution in [1.29, 1.82) is 0 Å². The minimum atomic E-state index is -0.354. The number of rotatable bonds is 3. The SMILES string of the molecule is CC1CN(C2CC2)CCN1C(=O)Oc1ccc(N2C(=O)CC(C)(C)CC2=O)cc1. The molecule has 0 N–H and O–H groups in total. The molecular weight excluding hydrogens is 370 g/mol. The topological polar surface area (TPSA) is 70.2 Å². The highest BCUT2D eigenvalue weighted by Crippen LogP contribution is 2.34. The fourth-order valence-electron chi connectivity index (χ4n) is 4.32. The first-order chi connectivity index (χ1) is 13.7. The van der Waals surface area contributed by atoms with Gasteiger partial charge in [0.2, 0.25) is 11.8 Å². The number of piperidine rings is 1. The van der Waals surface area contributed by atoms with Crippen LogP contribution in [0.15, 0.2) is 24.3 Å². The normalized spacial score (nSPS) is 25.3. The smallest absolute Gasteiger partial charge is 0.410 e. The van der Waals surface area contributed by atoms with Crippen molar-refractivity contribution in [2.24, 2.45) is 5.41 Å². The summed E-state index contributed by atoms with van der Waals surface area (Å²) in [5.74, 6) is 0.0181. The molecule has 0 bridgehead atoms. The molecule has 3 amide bonds. The molecule has 0 spiro atoms. The Morgan fingerprint density at radius 2 is 1.66 bits per heavy atom. The lowest BCUT2D eigenvalue weighted by Gasteiger charge is -2.39. The fraction of sp³-hybridized carbons (Fsp3) is 0.591. The first-order valence-corrected chi connectivity index (χ1v) is 10.4. The van der Waals surface area contributed by atoms with Gasteiger partial charge in [-0.25, -0.2) is 4.79 Å². The van der Waals surface area contributed by atoms with Crippen molar-refractivity contribution < 1.29 is 19.1 Å². The van der Waals surface area contributed by atoms with Crippen LogP contribution in [0.1, 0.15) is 46.5 Å². The summed E-state index contributed by atoms with van der Waals surface area (Å²) in [4.78, 5) is 42.9. The second-order valence-electron chi connectivity index (χ2n) is 9.27. The van der Waals surface area contributed by atoms with Gasteiger partial charge in [0.05, 0.1) is 5.69 Å².